The van der Waals surface area contributed by atoms with Crippen LogP contribution in [0.25, 0.3) is 33.4 Å². The summed E-state index contributed by atoms with van der Waals surface area (Å²) in [5, 5.41) is 2.86. The number of rotatable bonds is 8. The Hall–Kier alpha value is -3.57. The van der Waals surface area contributed by atoms with Gasteiger partial charge in [-0.15, -0.1) is 0 Å². The first kappa shape index (κ1) is 24.6. The second-order valence-corrected chi connectivity index (χ2v) is 8.62. The molecule has 0 saturated carbocycles. The summed E-state index contributed by atoms with van der Waals surface area (Å²) in [4.78, 5) is 0. The third-order valence-corrected chi connectivity index (χ3v) is 6.24. The van der Waals surface area contributed by atoms with Gasteiger partial charge in [0.1, 0.15) is 5.82 Å². The quantitative estimate of drug-likeness (QED) is 0.269. The molecule has 0 spiro atoms. The number of nitrogens with one attached hydrogen (secondary N) is 1. The third kappa shape index (κ3) is 5.25. The van der Waals surface area contributed by atoms with Gasteiger partial charge >= 0.3 is 0 Å². The van der Waals surface area contributed by atoms with E-state index in [-0.39, 0.29) is 22.9 Å². The average molecular weight is 475 g/mol. The molecule has 0 saturated heterocycles. The second-order valence-electron chi connectivity index (χ2n) is 8.62. The standard InChI is InChI=1S/C30H29F3N2/c1-3-17-35-28-16-15-25(29(32)30(28)33)23-13-14-24(26(31)18-23)21-9-5-19(6-10-21)20-7-11-22(12-8-20)27(34)4-2/h5-16,18,27,35H,3-4,17,34H2,1-2H3. The summed E-state index contributed by atoms with van der Waals surface area (Å²) in [7, 11) is 0. The van der Waals surface area contributed by atoms with Gasteiger partial charge in [0.15, 0.2) is 11.6 Å². The topological polar surface area (TPSA) is 38.0 Å². The number of anilines is 1. The average Bonchev–Trinajstić information content (AvgIpc) is 2.89. The Balaban J connectivity index is 1.57. The molecule has 180 valence electrons. The van der Waals surface area contributed by atoms with Gasteiger partial charge in [0, 0.05) is 23.7 Å². The largest absolute Gasteiger partial charge is 0.383 e. The van der Waals surface area contributed by atoms with Crippen molar-refractivity contribution in [3.05, 3.63) is 102 Å². The molecule has 4 aromatic rings. The molecule has 0 radical (unpaired) electrons. The molecule has 0 bridgehead atoms. The Morgan fingerprint density at radius 1 is 0.686 bits per heavy atom. The Morgan fingerprint density at radius 2 is 1.26 bits per heavy atom. The fraction of sp³-hybridized carbons (Fsp3) is 0.200. The number of halogens is 3. The SMILES string of the molecule is CCCNc1ccc(-c2ccc(-c3ccc(-c4ccc(C(N)CC)cc4)cc3)c(F)c2)c(F)c1F. The lowest BCUT2D eigenvalue weighted by Crippen LogP contribution is -2.07. The van der Waals surface area contributed by atoms with Gasteiger partial charge in [0.05, 0.1) is 5.69 Å². The molecule has 4 aromatic carbocycles. The Bertz CT molecular complexity index is 1300. The predicted octanol–water partition coefficient (Wildman–Crippen LogP) is 8.34. The van der Waals surface area contributed by atoms with Gasteiger partial charge in [-0.1, -0.05) is 74.5 Å². The van der Waals surface area contributed by atoms with Crippen LogP contribution in [0.15, 0.2) is 78.9 Å². The van der Waals surface area contributed by atoms with Crippen LogP contribution in [0.1, 0.15) is 38.3 Å². The van der Waals surface area contributed by atoms with Crippen molar-refractivity contribution >= 4 is 5.69 Å². The summed E-state index contributed by atoms with van der Waals surface area (Å²) >= 11 is 0. The molecule has 1 atom stereocenters. The van der Waals surface area contributed by atoms with E-state index >= 15 is 4.39 Å². The number of hydrogen-bond donors (Lipinski definition) is 2. The van der Waals surface area contributed by atoms with Crippen LogP contribution in [0.5, 0.6) is 0 Å². The van der Waals surface area contributed by atoms with Gasteiger partial charge in [-0.3, -0.25) is 0 Å². The maximum absolute atomic E-state index is 15.0. The number of benzene rings is 4. The van der Waals surface area contributed by atoms with E-state index in [2.05, 4.69) is 12.2 Å². The van der Waals surface area contributed by atoms with Gasteiger partial charge in [-0.05, 0) is 58.9 Å². The zero-order chi connectivity index (χ0) is 24.9. The maximum atomic E-state index is 15.0. The molecule has 0 fully saturated rings. The van der Waals surface area contributed by atoms with E-state index in [0.717, 1.165) is 29.5 Å². The molecule has 0 aliphatic rings. The van der Waals surface area contributed by atoms with Crippen molar-refractivity contribution in [2.75, 3.05) is 11.9 Å². The van der Waals surface area contributed by atoms with Crippen molar-refractivity contribution in [3.8, 4) is 33.4 Å². The minimum atomic E-state index is -0.992. The van der Waals surface area contributed by atoms with Crippen LogP contribution in [0, 0.1) is 17.5 Å². The van der Waals surface area contributed by atoms with Crippen molar-refractivity contribution in [3.63, 3.8) is 0 Å². The second kappa shape index (κ2) is 10.8. The molecule has 1 unspecified atom stereocenters. The summed E-state index contributed by atoms with van der Waals surface area (Å²) in [6.45, 7) is 4.53. The van der Waals surface area contributed by atoms with E-state index in [9.17, 15) is 8.78 Å². The van der Waals surface area contributed by atoms with Gasteiger partial charge in [-0.2, -0.15) is 0 Å². The lowest BCUT2D eigenvalue weighted by atomic mass is 9.96. The highest BCUT2D eigenvalue weighted by Gasteiger charge is 2.16. The van der Waals surface area contributed by atoms with Crippen LogP contribution in [0.4, 0.5) is 18.9 Å². The van der Waals surface area contributed by atoms with Crippen LogP contribution in [-0.2, 0) is 0 Å². The number of hydrogen-bond acceptors (Lipinski definition) is 2. The highest BCUT2D eigenvalue weighted by atomic mass is 19.2. The van der Waals surface area contributed by atoms with E-state index in [4.69, 9.17) is 5.73 Å². The summed E-state index contributed by atoms with van der Waals surface area (Å²) in [6, 6.07) is 23.2. The van der Waals surface area contributed by atoms with Crippen molar-refractivity contribution in [1.82, 2.24) is 0 Å². The normalized spacial score (nSPS) is 11.9. The van der Waals surface area contributed by atoms with Crippen LogP contribution >= 0.6 is 0 Å². The first-order valence-electron chi connectivity index (χ1n) is 11.9. The van der Waals surface area contributed by atoms with Crippen LogP contribution in [0.2, 0.25) is 0 Å². The highest BCUT2D eigenvalue weighted by Crippen LogP contribution is 2.33. The molecule has 35 heavy (non-hydrogen) atoms. The molecule has 3 N–H and O–H groups in total. The molecular formula is C30H29F3N2. The fourth-order valence-electron chi connectivity index (χ4n) is 4.09. The monoisotopic (exact) mass is 474 g/mol. The van der Waals surface area contributed by atoms with Gasteiger partial charge < -0.3 is 11.1 Å². The summed E-state index contributed by atoms with van der Waals surface area (Å²) in [6.07, 6.45) is 1.66. The van der Waals surface area contributed by atoms with E-state index < -0.39 is 17.5 Å². The van der Waals surface area contributed by atoms with E-state index in [1.807, 2.05) is 55.5 Å². The van der Waals surface area contributed by atoms with Crippen molar-refractivity contribution in [2.24, 2.45) is 5.73 Å². The predicted molar refractivity (Wildman–Crippen MR) is 139 cm³/mol. The molecule has 0 aliphatic carbocycles. The van der Waals surface area contributed by atoms with Gasteiger partial charge in [0.2, 0.25) is 0 Å². The lowest BCUT2D eigenvalue weighted by Gasteiger charge is -2.12. The molecule has 0 aliphatic heterocycles. The Labute approximate surface area is 204 Å². The van der Waals surface area contributed by atoms with Crippen molar-refractivity contribution in [2.45, 2.75) is 32.7 Å². The summed E-state index contributed by atoms with van der Waals surface area (Å²) < 4.78 is 44.2. The highest BCUT2D eigenvalue weighted by molar-refractivity contribution is 5.74. The molecular weight excluding hydrogens is 445 g/mol. The Kier molecular flexibility index (Phi) is 7.57. The van der Waals surface area contributed by atoms with Crippen LogP contribution in [-0.4, -0.2) is 6.54 Å². The van der Waals surface area contributed by atoms with Gasteiger partial charge in [0.25, 0.3) is 0 Å². The molecule has 4 rings (SSSR count). The van der Waals surface area contributed by atoms with Crippen LogP contribution in [0.3, 0.4) is 0 Å². The zero-order valence-electron chi connectivity index (χ0n) is 19.9. The van der Waals surface area contributed by atoms with Gasteiger partial charge in [-0.25, -0.2) is 13.2 Å². The van der Waals surface area contributed by atoms with Crippen molar-refractivity contribution in [1.29, 1.82) is 0 Å². The molecule has 5 heteroatoms. The van der Waals surface area contributed by atoms with Crippen molar-refractivity contribution < 1.29 is 13.2 Å². The van der Waals surface area contributed by atoms with E-state index in [1.54, 1.807) is 12.1 Å². The number of nitrogens with two attached hydrogens (primary N) is 1. The smallest absolute Gasteiger partial charge is 0.182 e. The van der Waals surface area contributed by atoms with E-state index in [1.165, 1.54) is 18.2 Å². The maximum Gasteiger partial charge on any atom is 0.182 e. The minimum Gasteiger partial charge on any atom is -0.383 e. The lowest BCUT2D eigenvalue weighted by molar-refractivity contribution is 0.513. The Morgan fingerprint density at radius 3 is 1.86 bits per heavy atom. The van der Waals surface area contributed by atoms with Crippen LogP contribution < -0.4 is 11.1 Å². The minimum absolute atomic E-state index is 0.0246. The molecule has 0 heterocycles. The fourth-order valence-corrected chi connectivity index (χ4v) is 4.09. The summed E-state index contributed by atoms with van der Waals surface area (Å²) in [5.74, 6) is -2.45. The zero-order valence-corrected chi connectivity index (χ0v) is 19.9. The molecule has 0 amide bonds. The summed E-state index contributed by atoms with van der Waals surface area (Å²) in [5.41, 5.74) is 10.8. The molecule has 0 aromatic heterocycles. The third-order valence-electron chi connectivity index (χ3n) is 6.24. The van der Waals surface area contributed by atoms with E-state index in [0.29, 0.717) is 17.7 Å². The molecule has 2 nitrogen and oxygen atoms in total. The first-order valence-corrected chi connectivity index (χ1v) is 11.9. The first-order chi connectivity index (χ1) is 16.9.